The summed E-state index contributed by atoms with van der Waals surface area (Å²) in [5.74, 6) is -2.34. The maximum absolute atomic E-state index is 13.1. The zero-order chi connectivity index (χ0) is 77.4. The lowest BCUT2D eigenvalue weighted by atomic mass is 10.1. The van der Waals surface area contributed by atoms with Gasteiger partial charge >= 0.3 is 39.5 Å². The van der Waals surface area contributed by atoms with Crippen LogP contribution in [0.1, 0.15) is 297 Å². The average Bonchev–Trinajstić information content (AvgIpc) is 0.902. The molecule has 0 aliphatic heterocycles. The van der Waals surface area contributed by atoms with E-state index in [4.69, 9.17) is 37.0 Å². The fourth-order valence-corrected chi connectivity index (χ4v) is 11.7. The number of carbonyl (C=O) groups is 4. The van der Waals surface area contributed by atoms with E-state index in [0.717, 1.165) is 167 Å². The van der Waals surface area contributed by atoms with Gasteiger partial charge < -0.3 is 33.8 Å². The maximum atomic E-state index is 13.1. The molecule has 106 heavy (non-hydrogen) atoms. The van der Waals surface area contributed by atoms with Crippen molar-refractivity contribution in [2.75, 3.05) is 39.6 Å². The molecular formula is C87H142O17P2. The molecule has 17 nitrogen and oxygen atoms in total. The van der Waals surface area contributed by atoms with Crippen molar-refractivity contribution < 1.29 is 80.2 Å². The van der Waals surface area contributed by atoms with Crippen molar-refractivity contribution in [3.05, 3.63) is 170 Å². The molecule has 0 aromatic heterocycles. The number of rotatable bonds is 74. The Balaban J connectivity index is 5.50. The monoisotopic (exact) mass is 1520 g/mol. The van der Waals surface area contributed by atoms with Gasteiger partial charge in [-0.05, 0) is 161 Å². The number of phosphoric ester groups is 2. The second-order valence-electron chi connectivity index (χ2n) is 26.2. The topological polar surface area (TPSA) is 237 Å². The van der Waals surface area contributed by atoms with Gasteiger partial charge in [-0.15, -0.1) is 0 Å². The molecule has 5 unspecified atom stereocenters. The SMILES string of the molecule is CC/C=C\C/C=C\C/C=C\C/C=C\C/C=C\CCCC(=O)OCC(COP(=O)(O)OCC(O)COP(=O)(O)OCC(COC(=O)CCCCCCCCC/C=C\C/C=C\C/C=C\CC)OC(=O)CCCCCCC/C=C\CCCCCCCC)OC(=O)CCC/C=C\C/C=C\C/C=C\C/C=C\C/C=C\CC. The van der Waals surface area contributed by atoms with Crippen molar-refractivity contribution in [1.29, 1.82) is 0 Å². The van der Waals surface area contributed by atoms with Crippen molar-refractivity contribution in [2.45, 2.75) is 316 Å². The van der Waals surface area contributed by atoms with E-state index < -0.39 is 97.5 Å². The van der Waals surface area contributed by atoms with E-state index in [9.17, 15) is 43.2 Å². The molecule has 0 aromatic rings. The van der Waals surface area contributed by atoms with Crippen LogP contribution < -0.4 is 0 Å². The third-order valence-electron chi connectivity index (χ3n) is 16.2. The van der Waals surface area contributed by atoms with Gasteiger partial charge in [0, 0.05) is 25.7 Å². The normalized spacial score (nSPS) is 14.7. The number of ether oxygens (including phenoxy) is 4. The first kappa shape index (κ1) is 100. The summed E-state index contributed by atoms with van der Waals surface area (Å²) >= 11 is 0. The summed E-state index contributed by atoms with van der Waals surface area (Å²) in [6.45, 7) is 4.38. The number of unbranched alkanes of at least 4 members (excludes halogenated alkanes) is 20. The molecule has 0 rings (SSSR count). The van der Waals surface area contributed by atoms with E-state index in [-0.39, 0.29) is 25.7 Å². The molecule has 0 aliphatic rings. The molecule has 0 aliphatic carbocycles. The van der Waals surface area contributed by atoms with Crippen molar-refractivity contribution in [1.82, 2.24) is 0 Å². The van der Waals surface area contributed by atoms with Crippen molar-refractivity contribution in [2.24, 2.45) is 0 Å². The Hall–Kier alpha value is -5.58. The first-order chi connectivity index (χ1) is 51.7. The second kappa shape index (κ2) is 77.6. The number of aliphatic hydroxyl groups excluding tert-OH is 1. The fraction of sp³-hybridized carbons (Fsp3) is 0.632. The summed E-state index contributed by atoms with van der Waals surface area (Å²) in [6, 6.07) is 0. The first-order valence-electron chi connectivity index (χ1n) is 40.4. The molecule has 0 amide bonds. The van der Waals surface area contributed by atoms with Crippen molar-refractivity contribution in [3.63, 3.8) is 0 Å². The van der Waals surface area contributed by atoms with Crippen LogP contribution in [0.5, 0.6) is 0 Å². The number of esters is 4. The molecule has 5 atom stereocenters. The van der Waals surface area contributed by atoms with Crippen LogP contribution in [0.4, 0.5) is 0 Å². The Labute approximate surface area is 642 Å². The third kappa shape index (κ3) is 76.6. The standard InChI is InChI=1S/C87H142O17P2/c1-5-9-13-17-21-25-29-33-37-40-44-47-51-55-59-63-67-71-84(89)97-77-82(103-86(91)73-69-65-61-57-53-49-43-36-32-28-24-20-16-12-8-4)79-101-105(93,94)99-75-81(88)76-100-106(95,96)102-80-83(104-87(92)74-70-66-62-58-54-50-46-42-39-35-31-27-23-19-15-11-7-3)78-98-85(90)72-68-64-60-56-52-48-45-41-38-34-30-26-22-18-14-10-6-2/h9-11,13-15,21-23,25-27,33-39,43,45-46,48,50,56,58,60,62,81-83,88H,5-8,12,16-20,24,28-32,40-42,44,47,49,51-55,57,59,61,63-80H2,1-4H3,(H,93,94)(H,95,96)/b13-9-,14-10-,15-11-,25-21-,26-22-,27-23-,37-33-,38-34-,39-35-,43-36-,48-45-,50-46-,60-56-,62-58-. The summed E-state index contributed by atoms with van der Waals surface area (Å²) in [7, 11) is -10.0. The predicted molar refractivity (Wildman–Crippen MR) is 436 cm³/mol. The molecule has 0 spiro atoms. The van der Waals surface area contributed by atoms with Crippen LogP contribution >= 0.6 is 15.6 Å². The summed E-state index contributed by atoms with van der Waals surface area (Å²) in [5, 5.41) is 10.6. The Morgan fingerprint density at radius 1 is 0.274 bits per heavy atom. The van der Waals surface area contributed by atoms with Gasteiger partial charge in [0.1, 0.15) is 19.3 Å². The molecule has 602 valence electrons. The van der Waals surface area contributed by atoms with Gasteiger partial charge in [-0.3, -0.25) is 37.3 Å². The smallest absolute Gasteiger partial charge is 0.462 e. The highest BCUT2D eigenvalue weighted by molar-refractivity contribution is 7.47. The van der Waals surface area contributed by atoms with Gasteiger partial charge in [-0.25, -0.2) is 9.13 Å². The van der Waals surface area contributed by atoms with E-state index >= 15 is 0 Å². The number of aliphatic hydroxyl groups is 1. The number of allylic oxidation sites excluding steroid dienone is 28. The molecule has 0 fully saturated rings. The van der Waals surface area contributed by atoms with E-state index in [1.165, 1.54) is 38.5 Å². The highest BCUT2D eigenvalue weighted by atomic mass is 31.2. The highest BCUT2D eigenvalue weighted by Crippen LogP contribution is 2.45. The van der Waals surface area contributed by atoms with Gasteiger partial charge in [0.15, 0.2) is 12.2 Å². The Kier molecular flexibility index (Phi) is 73.5. The minimum Gasteiger partial charge on any atom is -0.462 e. The van der Waals surface area contributed by atoms with Gasteiger partial charge in [-0.2, -0.15) is 0 Å². The zero-order valence-corrected chi connectivity index (χ0v) is 67.6. The first-order valence-corrected chi connectivity index (χ1v) is 43.4. The Bertz CT molecular complexity index is 2680. The molecule has 19 heteroatoms. The predicted octanol–water partition coefficient (Wildman–Crippen LogP) is 23.8. The van der Waals surface area contributed by atoms with E-state index in [1.54, 1.807) is 0 Å². The molecule has 3 N–H and O–H groups in total. The highest BCUT2D eigenvalue weighted by Gasteiger charge is 2.30. The lowest BCUT2D eigenvalue weighted by Crippen LogP contribution is -2.30. The molecule has 0 radical (unpaired) electrons. The molecule has 0 aromatic carbocycles. The van der Waals surface area contributed by atoms with Crippen molar-refractivity contribution >= 4 is 39.5 Å². The summed E-state index contributed by atoms with van der Waals surface area (Å²) < 4.78 is 68.5. The maximum Gasteiger partial charge on any atom is 0.472 e. The Morgan fingerprint density at radius 2 is 0.500 bits per heavy atom. The van der Waals surface area contributed by atoms with Gasteiger partial charge in [0.25, 0.3) is 0 Å². The molecule has 0 saturated carbocycles. The van der Waals surface area contributed by atoms with Crippen LogP contribution in [0.15, 0.2) is 170 Å². The average molecular weight is 1520 g/mol. The van der Waals surface area contributed by atoms with Crippen LogP contribution in [0.2, 0.25) is 0 Å². The summed E-state index contributed by atoms with van der Waals surface area (Å²) in [4.78, 5) is 73.1. The van der Waals surface area contributed by atoms with Crippen LogP contribution in [0.3, 0.4) is 0 Å². The quantitative estimate of drug-likeness (QED) is 0.0169. The fourth-order valence-electron chi connectivity index (χ4n) is 10.1. The number of hydrogen-bond donors (Lipinski definition) is 3. The second-order valence-corrected chi connectivity index (χ2v) is 29.1. The minimum absolute atomic E-state index is 0.00193. The third-order valence-corrected chi connectivity index (χ3v) is 18.1. The largest absolute Gasteiger partial charge is 0.472 e. The van der Waals surface area contributed by atoms with Crippen LogP contribution in [0.25, 0.3) is 0 Å². The van der Waals surface area contributed by atoms with Crippen LogP contribution in [-0.2, 0) is 65.4 Å². The lowest BCUT2D eigenvalue weighted by molar-refractivity contribution is -0.161. The molecular weight excluding hydrogens is 1380 g/mol. The zero-order valence-electron chi connectivity index (χ0n) is 65.8. The summed E-state index contributed by atoms with van der Waals surface area (Å²) in [6.07, 6.45) is 92.0. The van der Waals surface area contributed by atoms with Gasteiger partial charge in [0.05, 0.1) is 26.4 Å². The summed E-state index contributed by atoms with van der Waals surface area (Å²) in [5.41, 5.74) is 0. The van der Waals surface area contributed by atoms with E-state index in [2.05, 4.69) is 174 Å². The minimum atomic E-state index is -5.01. The molecule has 0 heterocycles. The molecule has 0 saturated heterocycles. The van der Waals surface area contributed by atoms with E-state index in [0.29, 0.717) is 38.5 Å². The Morgan fingerprint density at radius 3 is 0.811 bits per heavy atom. The number of carbonyl (C=O) groups excluding carboxylic acids is 4. The van der Waals surface area contributed by atoms with Gasteiger partial charge in [-0.1, -0.05) is 281 Å². The lowest BCUT2D eigenvalue weighted by Gasteiger charge is -2.21. The van der Waals surface area contributed by atoms with Crippen LogP contribution in [-0.4, -0.2) is 96.7 Å². The van der Waals surface area contributed by atoms with Crippen LogP contribution in [0, 0.1) is 0 Å². The van der Waals surface area contributed by atoms with E-state index in [1.807, 2.05) is 24.3 Å². The molecule has 0 bridgehead atoms. The van der Waals surface area contributed by atoms with Gasteiger partial charge in [0.2, 0.25) is 0 Å². The number of hydrogen-bond acceptors (Lipinski definition) is 15. The number of phosphoric acid groups is 2. The van der Waals surface area contributed by atoms with Crippen molar-refractivity contribution in [3.8, 4) is 0 Å².